The van der Waals surface area contributed by atoms with Gasteiger partial charge < -0.3 is 0 Å². The summed E-state index contributed by atoms with van der Waals surface area (Å²) in [6, 6.07) is 3.83. The van der Waals surface area contributed by atoms with Gasteiger partial charge in [0.25, 0.3) is 0 Å². The normalized spacial score (nSPS) is 15.7. The van der Waals surface area contributed by atoms with Crippen molar-refractivity contribution in [2.24, 2.45) is 0 Å². The molecular weight excluding hydrogens is 180 g/mol. The standard InChI is InChI=1S/C11H12OS/c1-7-8-3-2-4-10(12)9(8)5-6-11(7)13/h5-6,13H,2-4H2,1H3. The van der Waals surface area contributed by atoms with Crippen LogP contribution in [0.1, 0.15) is 34.3 Å². The summed E-state index contributed by atoms with van der Waals surface area (Å²) >= 11 is 4.35. The zero-order valence-corrected chi connectivity index (χ0v) is 8.53. The van der Waals surface area contributed by atoms with Gasteiger partial charge in [0.2, 0.25) is 0 Å². The van der Waals surface area contributed by atoms with Crippen LogP contribution in [0, 0.1) is 6.92 Å². The van der Waals surface area contributed by atoms with E-state index >= 15 is 0 Å². The van der Waals surface area contributed by atoms with Crippen molar-refractivity contribution in [3.63, 3.8) is 0 Å². The molecular formula is C11H12OS. The van der Waals surface area contributed by atoms with Crippen molar-refractivity contribution < 1.29 is 4.79 Å². The smallest absolute Gasteiger partial charge is 0.163 e. The Morgan fingerprint density at radius 3 is 2.85 bits per heavy atom. The average molecular weight is 192 g/mol. The minimum Gasteiger partial charge on any atom is -0.294 e. The van der Waals surface area contributed by atoms with Gasteiger partial charge in [-0.25, -0.2) is 0 Å². The second-order valence-corrected chi connectivity index (χ2v) is 3.99. The van der Waals surface area contributed by atoms with Crippen molar-refractivity contribution in [2.75, 3.05) is 0 Å². The zero-order chi connectivity index (χ0) is 9.42. The van der Waals surface area contributed by atoms with Crippen LogP contribution in [0.4, 0.5) is 0 Å². The molecule has 2 rings (SSSR count). The summed E-state index contributed by atoms with van der Waals surface area (Å²) < 4.78 is 0. The molecule has 0 heterocycles. The highest BCUT2D eigenvalue weighted by atomic mass is 32.1. The predicted octanol–water partition coefficient (Wildman–Crippen LogP) is 2.80. The zero-order valence-electron chi connectivity index (χ0n) is 7.63. The van der Waals surface area contributed by atoms with Gasteiger partial charge in [0.1, 0.15) is 0 Å². The molecule has 0 radical (unpaired) electrons. The van der Waals surface area contributed by atoms with Crippen LogP contribution < -0.4 is 0 Å². The van der Waals surface area contributed by atoms with E-state index in [1.165, 1.54) is 11.1 Å². The Morgan fingerprint density at radius 1 is 1.31 bits per heavy atom. The number of hydrogen-bond donors (Lipinski definition) is 1. The highest BCUT2D eigenvalue weighted by Gasteiger charge is 2.18. The summed E-state index contributed by atoms with van der Waals surface area (Å²) in [5.74, 6) is 0.290. The first-order valence-corrected chi connectivity index (χ1v) is 4.99. The maximum atomic E-state index is 11.5. The lowest BCUT2D eigenvalue weighted by Gasteiger charge is -2.17. The molecule has 0 spiro atoms. The molecule has 1 aliphatic rings. The first-order valence-electron chi connectivity index (χ1n) is 4.55. The molecule has 0 amide bonds. The molecule has 0 aliphatic heterocycles. The van der Waals surface area contributed by atoms with Gasteiger partial charge in [-0.05, 0) is 37.0 Å². The van der Waals surface area contributed by atoms with Crippen LogP contribution in [0.2, 0.25) is 0 Å². The van der Waals surface area contributed by atoms with E-state index < -0.39 is 0 Å². The lowest BCUT2D eigenvalue weighted by atomic mass is 9.88. The number of rotatable bonds is 0. The van der Waals surface area contributed by atoms with Gasteiger partial charge in [-0.2, -0.15) is 0 Å². The number of fused-ring (bicyclic) bond motifs is 1. The number of ketones is 1. The molecule has 0 saturated carbocycles. The molecule has 0 aromatic heterocycles. The van der Waals surface area contributed by atoms with Gasteiger partial charge in [0.05, 0.1) is 0 Å². The molecule has 1 aromatic rings. The summed E-state index contributed by atoms with van der Waals surface area (Å²) in [7, 11) is 0. The van der Waals surface area contributed by atoms with E-state index in [0.29, 0.717) is 6.42 Å². The van der Waals surface area contributed by atoms with Crippen molar-refractivity contribution in [1.29, 1.82) is 0 Å². The van der Waals surface area contributed by atoms with Crippen LogP contribution in [0.25, 0.3) is 0 Å². The van der Waals surface area contributed by atoms with Gasteiger partial charge in [-0.1, -0.05) is 6.07 Å². The molecule has 2 heteroatoms. The average Bonchev–Trinajstić information content (AvgIpc) is 2.12. The van der Waals surface area contributed by atoms with E-state index in [-0.39, 0.29) is 5.78 Å². The minimum absolute atomic E-state index is 0.290. The van der Waals surface area contributed by atoms with Gasteiger partial charge >= 0.3 is 0 Å². The number of carbonyl (C=O) groups excluding carboxylic acids is 1. The molecule has 1 aliphatic carbocycles. The molecule has 0 bridgehead atoms. The van der Waals surface area contributed by atoms with Gasteiger partial charge in [-0.15, -0.1) is 12.6 Å². The molecule has 1 aromatic carbocycles. The molecule has 0 unspecified atom stereocenters. The van der Waals surface area contributed by atoms with Crippen LogP contribution in [-0.4, -0.2) is 5.78 Å². The van der Waals surface area contributed by atoms with Crippen LogP contribution in [-0.2, 0) is 6.42 Å². The summed E-state index contributed by atoms with van der Waals surface area (Å²) in [5, 5.41) is 0. The summed E-state index contributed by atoms with van der Waals surface area (Å²) in [6.45, 7) is 2.04. The largest absolute Gasteiger partial charge is 0.294 e. The van der Waals surface area contributed by atoms with E-state index in [2.05, 4.69) is 12.6 Å². The Kier molecular flexibility index (Phi) is 2.16. The predicted molar refractivity (Wildman–Crippen MR) is 55.7 cm³/mol. The lowest BCUT2D eigenvalue weighted by Crippen LogP contribution is -2.12. The van der Waals surface area contributed by atoms with E-state index in [0.717, 1.165) is 23.3 Å². The molecule has 68 valence electrons. The minimum atomic E-state index is 0.290. The second-order valence-electron chi connectivity index (χ2n) is 3.51. The fourth-order valence-corrected chi connectivity index (χ4v) is 2.10. The fraction of sp³-hybridized carbons (Fsp3) is 0.364. The number of benzene rings is 1. The van der Waals surface area contributed by atoms with Gasteiger partial charge in [-0.3, -0.25) is 4.79 Å². The van der Waals surface area contributed by atoms with Crippen molar-refractivity contribution in [2.45, 2.75) is 31.1 Å². The van der Waals surface area contributed by atoms with Crippen molar-refractivity contribution >= 4 is 18.4 Å². The number of thiol groups is 1. The molecule has 0 N–H and O–H groups in total. The SMILES string of the molecule is Cc1c(S)ccc2c1CCCC2=O. The van der Waals surface area contributed by atoms with Crippen molar-refractivity contribution in [3.8, 4) is 0 Å². The van der Waals surface area contributed by atoms with Gasteiger partial charge in [0.15, 0.2) is 5.78 Å². The Labute approximate surface area is 83.6 Å². The Hall–Kier alpha value is -0.760. The fourth-order valence-electron chi connectivity index (χ4n) is 1.89. The van der Waals surface area contributed by atoms with E-state index in [1.54, 1.807) is 0 Å². The molecule has 0 atom stereocenters. The highest BCUT2D eigenvalue weighted by molar-refractivity contribution is 7.80. The number of carbonyl (C=O) groups is 1. The number of hydrogen-bond acceptors (Lipinski definition) is 2. The van der Waals surface area contributed by atoms with Crippen LogP contribution in [0.5, 0.6) is 0 Å². The maximum Gasteiger partial charge on any atom is 0.163 e. The first-order chi connectivity index (χ1) is 6.20. The molecule has 0 saturated heterocycles. The Balaban J connectivity index is 2.63. The summed E-state index contributed by atoms with van der Waals surface area (Å²) in [4.78, 5) is 12.5. The monoisotopic (exact) mass is 192 g/mol. The van der Waals surface area contributed by atoms with E-state index in [4.69, 9.17) is 0 Å². The third-order valence-electron chi connectivity index (χ3n) is 2.70. The summed E-state index contributed by atoms with van der Waals surface area (Å²) in [6.07, 6.45) is 2.73. The van der Waals surface area contributed by atoms with Crippen molar-refractivity contribution in [3.05, 3.63) is 28.8 Å². The first kappa shape index (κ1) is 8.82. The van der Waals surface area contributed by atoms with E-state index in [1.807, 2.05) is 19.1 Å². The van der Waals surface area contributed by atoms with E-state index in [9.17, 15) is 4.79 Å². The Morgan fingerprint density at radius 2 is 2.08 bits per heavy atom. The topological polar surface area (TPSA) is 17.1 Å². The van der Waals surface area contributed by atoms with Crippen LogP contribution in [0.15, 0.2) is 17.0 Å². The van der Waals surface area contributed by atoms with Crippen LogP contribution in [0.3, 0.4) is 0 Å². The third-order valence-corrected chi connectivity index (χ3v) is 3.19. The molecule has 1 nitrogen and oxygen atoms in total. The molecule has 0 fully saturated rings. The summed E-state index contributed by atoms with van der Waals surface area (Å²) in [5.41, 5.74) is 3.30. The Bertz CT molecular complexity index is 369. The highest BCUT2D eigenvalue weighted by Crippen LogP contribution is 2.27. The maximum absolute atomic E-state index is 11.5. The van der Waals surface area contributed by atoms with Gasteiger partial charge in [0, 0.05) is 16.9 Å². The van der Waals surface area contributed by atoms with Crippen LogP contribution >= 0.6 is 12.6 Å². The third kappa shape index (κ3) is 1.39. The quantitative estimate of drug-likeness (QED) is 0.625. The molecule has 13 heavy (non-hydrogen) atoms. The second kappa shape index (κ2) is 3.18. The number of Topliss-reactive ketones (excluding diaryl/α,β-unsaturated/α-hetero) is 1. The van der Waals surface area contributed by atoms with Crippen molar-refractivity contribution in [1.82, 2.24) is 0 Å². The lowest BCUT2D eigenvalue weighted by molar-refractivity contribution is 0.0972.